The zero-order chi connectivity index (χ0) is 37.0. The van der Waals surface area contributed by atoms with Crippen LogP contribution >= 0.6 is 0 Å². The van der Waals surface area contributed by atoms with Gasteiger partial charge >= 0.3 is 0 Å². The van der Waals surface area contributed by atoms with E-state index < -0.39 is 0 Å². The number of carbonyl (C=O) groups excluding carboxylic acids is 1. The van der Waals surface area contributed by atoms with Crippen molar-refractivity contribution in [2.75, 3.05) is 26.2 Å². The number of carbonyl (C=O) groups is 1. The number of aromatic nitrogens is 4. The fourth-order valence-corrected chi connectivity index (χ4v) is 7.72. The Kier molecular flexibility index (Phi) is 11.0. The molecule has 1 amide bonds. The normalized spacial score (nSPS) is 14.2. The van der Waals surface area contributed by atoms with Gasteiger partial charge in [0, 0.05) is 75.7 Å². The fraction of sp³-hybridized carbons (Fsp3) is 0.239. The number of oxazole rings is 2. The molecule has 3 radical (unpaired) electrons. The first kappa shape index (κ1) is 36.8. The van der Waals surface area contributed by atoms with E-state index in [9.17, 15) is 4.79 Å². The molecule has 10 rings (SSSR count). The predicted molar refractivity (Wildman–Crippen MR) is 221 cm³/mol. The average molecular weight is 740 g/mol. The average Bonchev–Trinajstić information content (AvgIpc) is 4.09. The minimum atomic E-state index is -0.0383. The molecule has 2 fully saturated rings. The van der Waals surface area contributed by atoms with E-state index in [1.165, 1.54) is 65.1 Å². The van der Waals surface area contributed by atoms with Gasteiger partial charge in [0.15, 0.2) is 5.69 Å². The summed E-state index contributed by atoms with van der Waals surface area (Å²) in [6.07, 6.45) is 12.2. The number of rotatable bonds is 9. The van der Waals surface area contributed by atoms with Crippen molar-refractivity contribution in [1.82, 2.24) is 28.9 Å². The largest absolute Gasteiger partial charge is 0.444 e. The highest BCUT2D eigenvalue weighted by atomic mass is 16.3. The maximum atomic E-state index is 12.4. The summed E-state index contributed by atoms with van der Waals surface area (Å²) in [5.74, 6) is 1.16. The van der Waals surface area contributed by atoms with Crippen LogP contribution in [0.2, 0.25) is 0 Å². The Hall–Kier alpha value is -6.13. The van der Waals surface area contributed by atoms with Crippen molar-refractivity contribution in [3.8, 4) is 22.9 Å². The molecule has 0 bridgehead atoms. The quantitative estimate of drug-likeness (QED) is 0.137. The summed E-state index contributed by atoms with van der Waals surface area (Å²) in [6, 6.07) is 37.8. The van der Waals surface area contributed by atoms with Gasteiger partial charge in [0.1, 0.15) is 12.5 Å². The van der Waals surface area contributed by atoms with E-state index >= 15 is 0 Å². The summed E-state index contributed by atoms with van der Waals surface area (Å²) < 4.78 is 15.8. The highest BCUT2D eigenvalue weighted by molar-refractivity contribution is 5.92. The number of benzene rings is 4. The second kappa shape index (κ2) is 16.7. The minimum Gasteiger partial charge on any atom is -0.444 e. The molecule has 0 aliphatic carbocycles. The lowest BCUT2D eigenvalue weighted by Gasteiger charge is -2.12. The lowest BCUT2D eigenvalue weighted by molar-refractivity contribution is 0.0787. The van der Waals surface area contributed by atoms with Crippen LogP contribution in [0.15, 0.2) is 143 Å². The number of para-hydroxylation sites is 2. The second-order valence-corrected chi connectivity index (χ2v) is 14.6. The van der Waals surface area contributed by atoms with Crippen LogP contribution < -0.4 is 0 Å². The summed E-state index contributed by atoms with van der Waals surface area (Å²) in [4.78, 5) is 25.8. The molecular weight excluding hydrogens is 695 g/mol. The first-order valence-corrected chi connectivity index (χ1v) is 19.3. The van der Waals surface area contributed by atoms with Crippen LogP contribution in [0, 0.1) is 0 Å². The summed E-state index contributed by atoms with van der Waals surface area (Å²) >= 11 is 0. The highest BCUT2D eigenvalue weighted by Crippen LogP contribution is 2.25. The minimum absolute atomic E-state index is 0. The standard InChI is InChI=1S/C23H21N3O2.C23H23N3O.B/c27-23(25-12-3-4-13-25)20-16-28-22(24-20)19-9-7-17(8-10-19)15-26-14-11-18-5-1-2-6-21(18)26;1-2-6-22-19(5-1)11-14-26(22)15-18-7-9-20(10-8-18)23-24-21(17-27-23)16-25-12-3-4-13-25;/h1-2,5-11,14,16H,3-4,12-13,15H2;1-2,5-11,14,17H,3-4,12-13,15-16H2;. The topological polar surface area (TPSA) is 85.5 Å². The Morgan fingerprint density at radius 2 is 1.05 bits per heavy atom. The van der Waals surface area contributed by atoms with Crippen molar-refractivity contribution in [1.29, 1.82) is 0 Å². The number of amides is 1. The van der Waals surface area contributed by atoms with Gasteiger partial charge in [-0.1, -0.05) is 60.7 Å². The van der Waals surface area contributed by atoms with Crippen molar-refractivity contribution in [3.05, 3.63) is 157 Å². The monoisotopic (exact) mass is 739 g/mol. The van der Waals surface area contributed by atoms with E-state index in [4.69, 9.17) is 8.83 Å². The molecule has 2 aliphatic heterocycles. The van der Waals surface area contributed by atoms with E-state index in [0.717, 1.165) is 62.4 Å². The number of hydrogen-bond donors (Lipinski definition) is 0. The van der Waals surface area contributed by atoms with E-state index in [0.29, 0.717) is 17.5 Å². The van der Waals surface area contributed by atoms with Gasteiger partial charge in [-0.3, -0.25) is 9.69 Å². The Morgan fingerprint density at radius 3 is 1.62 bits per heavy atom. The Balaban J connectivity index is 0.000000155. The van der Waals surface area contributed by atoms with Crippen LogP contribution in [0.1, 0.15) is 53.0 Å². The zero-order valence-electron chi connectivity index (χ0n) is 31.5. The van der Waals surface area contributed by atoms with Crippen LogP contribution in [-0.4, -0.2) is 69.4 Å². The van der Waals surface area contributed by atoms with Gasteiger partial charge in [-0.05, 0) is 109 Å². The van der Waals surface area contributed by atoms with Crippen molar-refractivity contribution >= 4 is 36.1 Å². The molecule has 0 spiro atoms. The van der Waals surface area contributed by atoms with Crippen molar-refractivity contribution in [3.63, 3.8) is 0 Å². The SMILES string of the molecule is O=C(c1coc(-c2ccc(Cn3ccc4ccccc43)cc2)n1)N1CCCC1.[B].c1ccc2c(c1)ccn2Cc1ccc(-c2nc(CN3CCCC3)co2)cc1. The third-order valence-electron chi connectivity index (χ3n) is 10.7. The van der Waals surface area contributed by atoms with Crippen LogP contribution in [0.25, 0.3) is 44.7 Å². The Morgan fingerprint density at radius 1 is 0.554 bits per heavy atom. The Bertz CT molecular complexity index is 2520. The summed E-state index contributed by atoms with van der Waals surface area (Å²) in [5.41, 5.74) is 8.28. The number of nitrogens with zero attached hydrogens (tertiary/aromatic N) is 6. The molecule has 10 heteroatoms. The molecule has 279 valence electrons. The molecule has 2 aliphatic rings. The summed E-state index contributed by atoms with van der Waals surface area (Å²) in [5, 5.41) is 2.52. The van der Waals surface area contributed by atoms with E-state index in [1.807, 2.05) is 17.0 Å². The van der Waals surface area contributed by atoms with Crippen LogP contribution in [0.3, 0.4) is 0 Å². The molecule has 9 nitrogen and oxygen atoms in total. The molecule has 0 atom stereocenters. The number of fused-ring (bicyclic) bond motifs is 2. The molecule has 4 aromatic carbocycles. The van der Waals surface area contributed by atoms with Gasteiger partial charge in [0.25, 0.3) is 5.91 Å². The molecule has 56 heavy (non-hydrogen) atoms. The van der Waals surface area contributed by atoms with Gasteiger partial charge in [0.2, 0.25) is 11.8 Å². The maximum Gasteiger partial charge on any atom is 0.275 e. The predicted octanol–water partition coefficient (Wildman–Crippen LogP) is 9.14. The molecule has 0 N–H and O–H groups in total. The molecule has 2 saturated heterocycles. The lowest BCUT2D eigenvalue weighted by atomic mass is 10.1. The zero-order valence-corrected chi connectivity index (χ0v) is 31.5. The van der Waals surface area contributed by atoms with E-state index in [2.05, 4.69) is 133 Å². The van der Waals surface area contributed by atoms with Crippen molar-refractivity contribution in [2.45, 2.75) is 45.3 Å². The Labute approximate surface area is 328 Å². The third-order valence-corrected chi connectivity index (χ3v) is 10.7. The lowest BCUT2D eigenvalue weighted by Crippen LogP contribution is -2.27. The van der Waals surface area contributed by atoms with Gasteiger partial charge in [0.05, 0.1) is 5.69 Å². The highest BCUT2D eigenvalue weighted by Gasteiger charge is 2.23. The van der Waals surface area contributed by atoms with E-state index in [-0.39, 0.29) is 14.3 Å². The molecule has 8 aromatic rings. The van der Waals surface area contributed by atoms with Crippen LogP contribution in [0.4, 0.5) is 0 Å². The molecule has 6 heterocycles. The van der Waals surface area contributed by atoms with Gasteiger partial charge in [-0.25, -0.2) is 9.97 Å². The molecule has 0 unspecified atom stereocenters. The fourth-order valence-electron chi connectivity index (χ4n) is 7.72. The number of likely N-dealkylation sites (tertiary alicyclic amines) is 2. The summed E-state index contributed by atoms with van der Waals surface area (Å²) in [7, 11) is 0. The van der Waals surface area contributed by atoms with Gasteiger partial charge < -0.3 is 22.9 Å². The number of hydrogen-bond acceptors (Lipinski definition) is 6. The second-order valence-electron chi connectivity index (χ2n) is 14.6. The molecular formula is C46H44BN6O3. The summed E-state index contributed by atoms with van der Waals surface area (Å²) in [6.45, 7) is 6.52. The van der Waals surface area contributed by atoms with E-state index in [1.54, 1.807) is 6.26 Å². The van der Waals surface area contributed by atoms with Crippen molar-refractivity contribution in [2.24, 2.45) is 0 Å². The van der Waals surface area contributed by atoms with Crippen LogP contribution in [-0.2, 0) is 19.6 Å². The first-order valence-electron chi connectivity index (χ1n) is 19.3. The maximum absolute atomic E-state index is 12.4. The smallest absolute Gasteiger partial charge is 0.275 e. The third kappa shape index (κ3) is 8.11. The van der Waals surface area contributed by atoms with Crippen LogP contribution in [0.5, 0.6) is 0 Å². The molecule has 0 saturated carbocycles. The van der Waals surface area contributed by atoms with Gasteiger partial charge in [-0.2, -0.15) is 0 Å². The van der Waals surface area contributed by atoms with Crippen molar-refractivity contribution < 1.29 is 13.6 Å². The first-order chi connectivity index (χ1) is 27.1. The molecule has 4 aromatic heterocycles. The van der Waals surface area contributed by atoms with Gasteiger partial charge in [-0.15, -0.1) is 0 Å².